The fourth-order valence-electron chi connectivity index (χ4n) is 2.01. The van der Waals surface area contributed by atoms with E-state index in [2.05, 4.69) is 31.1 Å². The van der Waals surface area contributed by atoms with Gasteiger partial charge in [-0.1, -0.05) is 18.7 Å². The van der Waals surface area contributed by atoms with Gasteiger partial charge in [-0.05, 0) is 45.2 Å². The van der Waals surface area contributed by atoms with Crippen molar-refractivity contribution < 1.29 is 0 Å². The zero-order valence-corrected chi connectivity index (χ0v) is 12.4. The Balaban J connectivity index is 2.24. The third-order valence-corrected chi connectivity index (χ3v) is 4.47. The van der Waals surface area contributed by atoms with Crippen LogP contribution in [0.15, 0.2) is 17.3 Å². The lowest BCUT2D eigenvalue weighted by molar-refractivity contribution is 0.443. The van der Waals surface area contributed by atoms with Gasteiger partial charge in [-0.3, -0.25) is 9.98 Å². The van der Waals surface area contributed by atoms with Crippen molar-refractivity contribution in [2.45, 2.75) is 46.1 Å². The maximum absolute atomic E-state index is 4.85. The Hall–Kier alpha value is -1.03. The van der Waals surface area contributed by atoms with Gasteiger partial charge in [-0.2, -0.15) is 0 Å². The Morgan fingerprint density at radius 3 is 2.89 bits per heavy atom. The van der Waals surface area contributed by atoms with E-state index < -0.39 is 0 Å². The van der Waals surface area contributed by atoms with E-state index >= 15 is 0 Å². The summed E-state index contributed by atoms with van der Waals surface area (Å²) in [5.74, 6) is 1.13. The number of nitrogens with one attached hydrogen (secondary N) is 1. The molecule has 2 rings (SSSR count). The topological polar surface area (TPSA) is 37.3 Å². The third-order valence-electron chi connectivity index (χ3n) is 3.59. The smallest absolute Gasteiger partial charge is 0.161 e. The van der Waals surface area contributed by atoms with E-state index in [0.29, 0.717) is 0 Å². The van der Waals surface area contributed by atoms with Crippen LogP contribution < -0.4 is 5.32 Å². The second-order valence-electron chi connectivity index (χ2n) is 5.08. The minimum absolute atomic E-state index is 0.0948. The number of hydrogen-bond donors (Lipinski definition) is 1. The number of aryl methyl sites for hydroxylation is 2. The quantitative estimate of drug-likeness (QED) is 0.882. The SMILES string of the molecule is CCC1(C)CCSC(Nc2c(C)ccnc2C)=N1. The largest absolute Gasteiger partial charge is 0.333 e. The number of aliphatic imine (C=N–C) groups is 1. The van der Waals surface area contributed by atoms with Crippen molar-refractivity contribution in [1.82, 2.24) is 4.98 Å². The molecule has 0 saturated heterocycles. The Kier molecular flexibility index (Phi) is 3.95. The van der Waals surface area contributed by atoms with Crippen molar-refractivity contribution in [3.05, 3.63) is 23.5 Å². The van der Waals surface area contributed by atoms with Crippen LogP contribution in [0.3, 0.4) is 0 Å². The summed E-state index contributed by atoms with van der Waals surface area (Å²) in [5, 5.41) is 4.49. The van der Waals surface area contributed by atoms with E-state index in [1.165, 1.54) is 5.56 Å². The second-order valence-corrected chi connectivity index (χ2v) is 6.16. The van der Waals surface area contributed by atoms with Crippen LogP contribution in [-0.2, 0) is 0 Å². The second kappa shape index (κ2) is 5.31. The molecule has 0 amide bonds. The monoisotopic (exact) mass is 263 g/mol. The molecule has 1 atom stereocenters. The summed E-state index contributed by atoms with van der Waals surface area (Å²) in [5.41, 5.74) is 3.44. The van der Waals surface area contributed by atoms with Crippen molar-refractivity contribution in [2.24, 2.45) is 4.99 Å². The van der Waals surface area contributed by atoms with Crippen LogP contribution in [-0.4, -0.2) is 21.4 Å². The van der Waals surface area contributed by atoms with Crippen molar-refractivity contribution in [3.63, 3.8) is 0 Å². The number of nitrogens with zero attached hydrogens (tertiary/aromatic N) is 2. The first-order valence-electron chi connectivity index (χ1n) is 6.46. The van der Waals surface area contributed by atoms with Gasteiger partial charge in [0.05, 0.1) is 16.9 Å². The molecule has 0 fully saturated rings. The molecule has 0 saturated carbocycles. The number of hydrogen-bond acceptors (Lipinski definition) is 4. The summed E-state index contributed by atoms with van der Waals surface area (Å²) in [6.45, 7) is 8.57. The molecule has 1 aromatic rings. The standard InChI is InChI=1S/C14H21N3S/c1-5-14(4)7-9-18-13(17-14)16-12-10(2)6-8-15-11(12)3/h6,8H,5,7,9H2,1-4H3,(H,16,17). The van der Waals surface area contributed by atoms with Crippen LogP contribution >= 0.6 is 11.8 Å². The molecule has 0 radical (unpaired) electrons. The highest BCUT2D eigenvalue weighted by Gasteiger charge is 2.26. The van der Waals surface area contributed by atoms with Crippen LogP contribution in [0.2, 0.25) is 0 Å². The fourth-order valence-corrected chi connectivity index (χ4v) is 3.21. The molecular formula is C14H21N3S. The summed E-state index contributed by atoms with van der Waals surface area (Å²) in [4.78, 5) is 9.19. The molecule has 1 aliphatic rings. The molecule has 0 aromatic carbocycles. The number of thioether (sulfide) groups is 1. The maximum Gasteiger partial charge on any atom is 0.161 e. The van der Waals surface area contributed by atoms with E-state index in [-0.39, 0.29) is 5.54 Å². The lowest BCUT2D eigenvalue weighted by Crippen LogP contribution is -2.30. The Morgan fingerprint density at radius 1 is 1.44 bits per heavy atom. The first-order chi connectivity index (χ1) is 8.54. The van der Waals surface area contributed by atoms with E-state index in [1.54, 1.807) is 11.8 Å². The molecule has 18 heavy (non-hydrogen) atoms. The van der Waals surface area contributed by atoms with Crippen LogP contribution in [0.1, 0.15) is 37.9 Å². The number of pyridine rings is 1. The number of amidine groups is 1. The van der Waals surface area contributed by atoms with Crippen molar-refractivity contribution in [2.75, 3.05) is 11.1 Å². The number of anilines is 1. The molecule has 0 bridgehead atoms. The first-order valence-corrected chi connectivity index (χ1v) is 7.44. The molecule has 0 spiro atoms. The van der Waals surface area contributed by atoms with Crippen LogP contribution in [0.5, 0.6) is 0 Å². The van der Waals surface area contributed by atoms with Gasteiger partial charge < -0.3 is 5.32 Å². The Labute approximate surface area is 113 Å². The van der Waals surface area contributed by atoms with Gasteiger partial charge in [0.25, 0.3) is 0 Å². The lowest BCUT2D eigenvalue weighted by atomic mass is 9.97. The van der Waals surface area contributed by atoms with Gasteiger partial charge in [0.1, 0.15) is 0 Å². The van der Waals surface area contributed by atoms with Crippen LogP contribution in [0, 0.1) is 13.8 Å². The maximum atomic E-state index is 4.85. The molecule has 1 unspecified atom stereocenters. The summed E-state index contributed by atoms with van der Waals surface area (Å²) in [6, 6.07) is 2.03. The summed E-state index contributed by atoms with van der Waals surface area (Å²) >= 11 is 1.80. The highest BCUT2D eigenvalue weighted by Crippen LogP contribution is 2.30. The van der Waals surface area contributed by atoms with E-state index in [4.69, 9.17) is 4.99 Å². The average Bonchev–Trinajstić information content (AvgIpc) is 2.34. The predicted molar refractivity (Wildman–Crippen MR) is 80.5 cm³/mol. The van der Waals surface area contributed by atoms with Gasteiger partial charge in [-0.15, -0.1) is 0 Å². The number of rotatable bonds is 2. The van der Waals surface area contributed by atoms with Gasteiger partial charge in [0.15, 0.2) is 5.17 Å². The molecule has 4 heteroatoms. The predicted octanol–water partition coefficient (Wildman–Crippen LogP) is 3.77. The normalized spacial score (nSPS) is 23.7. The van der Waals surface area contributed by atoms with Crippen LogP contribution in [0.4, 0.5) is 5.69 Å². The lowest BCUT2D eigenvalue weighted by Gasteiger charge is -2.29. The third kappa shape index (κ3) is 2.86. The Morgan fingerprint density at radius 2 is 2.22 bits per heavy atom. The van der Waals surface area contributed by atoms with Gasteiger partial charge >= 0.3 is 0 Å². The average molecular weight is 263 g/mol. The zero-order chi connectivity index (χ0) is 13.2. The molecule has 0 aliphatic carbocycles. The summed E-state index contributed by atoms with van der Waals surface area (Å²) in [6.07, 6.45) is 4.09. The highest BCUT2D eigenvalue weighted by molar-refractivity contribution is 8.14. The molecule has 3 nitrogen and oxygen atoms in total. The van der Waals surface area contributed by atoms with E-state index in [9.17, 15) is 0 Å². The Bertz CT molecular complexity index is 450. The fraction of sp³-hybridized carbons (Fsp3) is 0.571. The molecule has 1 aromatic heterocycles. The molecule has 1 aliphatic heterocycles. The zero-order valence-electron chi connectivity index (χ0n) is 11.6. The van der Waals surface area contributed by atoms with Crippen molar-refractivity contribution >= 4 is 22.6 Å². The summed E-state index contributed by atoms with van der Waals surface area (Å²) < 4.78 is 0. The molecule has 98 valence electrons. The van der Waals surface area contributed by atoms with Gasteiger partial charge in [0, 0.05) is 11.9 Å². The summed E-state index contributed by atoms with van der Waals surface area (Å²) in [7, 11) is 0. The molecule has 2 heterocycles. The minimum Gasteiger partial charge on any atom is -0.333 e. The van der Waals surface area contributed by atoms with Gasteiger partial charge in [0.2, 0.25) is 0 Å². The molecular weight excluding hydrogens is 242 g/mol. The van der Waals surface area contributed by atoms with E-state index in [0.717, 1.165) is 35.1 Å². The number of aromatic nitrogens is 1. The first kappa shape index (κ1) is 13.4. The molecule has 1 N–H and O–H groups in total. The van der Waals surface area contributed by atoms with Crippen molar-refractivity contribution in [1.29, 1.82) is 0 Å². The minimum atomic E-state index is 0.0948. The van der Waals surface area contributed by atoms with Crippen LogP contribution in [0.25, 0.3) is 0 Å². The van der Waals surface area contributed by atoms with Gasteiger partial charge in [-0.25, -0.2) is 0 Å². The van der Waals surface area contributed by atoms with Crippen molar-refractivity contribution in [3.8, 4) is 0 Å². The highest BCUT2D eigenvalue weighted by atomic mass is 32.2. The van der Waals surface area contributed by atoms with E-state index in [1.807, 2.05) is 19.2 Å².